The number of benzene rings is 2. The zero-order chi connectivity index (χ0) is 21.7. The summed E-state index contributed by atoms with van der Waals surface area (Å²) in [6.45, 7) is 2.78. The van der Waals surface area contributed by atoms with Gasteiger partial charge in [-0.05, 0) is 66.7 Å². The molecule has 1 aromatic heterocycles. The molecule has 0 atom stereocenters. The van der Waals surface area contributed by atoms with Gasteiger partial charge in [-0.2, -0.15) is 0 Å². The molecule has 0 unspecified atom stereocenters. The van der Waals surface area contributed by atoms with Crippen LogP contribution in [-0.4, -0.2) is 47.9 Å². The standard InChI is InChI=1S/C27H31N3O/c1-29(2)26(31)27(13-17-30(18-14-27)21-22-11-15-28-16-12-22)20-23-7-6-10-25(19-23)24-8-4-3-5-9-24/h3-12,15-16,19H,13-14,17-18,20-21H2,1-2H3. The first kappa shape index (κ1) is 21.3. The minimum Gasteiger partial charge on any atom is -0.348 e. The van der Waals surface area contributed by atoms with Crippen molar-refractivity contribution in [1.29, 1.82) is 0 Å². The first-order chi connectivity index (χ1) is 15.1. The van der Waals surface area contributed by atoms with Crippen molar-refractivity contribution in [3.63, 3.8) is 0 Å². The molecule has 3 aromatic rings. The fourth-order valence-corrected chi connectivity index (χ4v) is 4.71. The molecule has 4 heteroatoms. The smallest absolute Gasteiger partial charge is 0.228 e. The van der Waals surface area contributed by atoms with Crippen molar-refractivity contribution in [1.82, 2.24) is 14.8 Å². The van der Waals surface area contributed by atoms with Gasteiger partial charge in [0.25, 0.3) is 0 Å². The van der Waals surface area contributed by atoms with Gasteiger partial charge in [-0.3, -0.25) is 14.7 Å². The highest BCUT2D eigenvalue weighted by Gasteiger charge is 2.42. The molecule has 1 fully saturated rings. The van der Waals surface area contributed by atoms with Crippen LogP contribution in [0, 0.1) is 5.41 Å². The summed E-state index contributed by atoms with van der Waals surface area (Å²) in [6, 6.07) is 23.3. The van der Waals surface area contributed by atoms with Crippen molar-refractivity contribution < 1.29 is 4.79 Å². The summed E-state index contributed by atoms with van der Waals surface area (Å²) in [4.78, 5) is 21.7. The minimum absolute atomic E-state index is 0.251. The SMILES string of the molecule is CN(C)C(=O)C1(Cc2cccc(-c3ccccc3)c2)CCN(Cc2ccncc2)CC1. The topological polar surface area (TPSA) is 36.4 Å². The van der Waals surface area contributed by atoms with E-state index in [-0.39, 0.29) is 11.3 Å². The van der Waals surface area contributed by atoms with Gasteiger partial charge < -0.3 is 4.90 Å². The van der Waals surface area contributed by atoms with E-state index in [0.717, 1.165) is 38.9 Å². The fourth-order valence-electron chi connectivity index (χ4n) is 4.71. The van der Waals surface area contributed by atoms with Gasteiger partial charge in [0.2, 0.25) is 5.91 Å². The first-order valence-corrected chi connectivity index (χ1v) is 11.0. The number of pyridine rings is 1. The van der Waals surface area contributed by atoms with E-state index in [2.05, 4.69) is 70.5 Å². The number of hydrogen-bond acceptors (Lipinski definition) is 3. The van der Waals surface area contributed by atoms with Gasteiger partial charge in [-0.25, -0.2) is 0 Å². The number of rotatable bonds is 6. The summed E-state index contributed by atoms with van der Waals surface area (Å²) >= 11 is 0. The second-order valence-electron chi connectivity index (χ2n) is 8.85. The number of piperidine rings is 1. The van der Waals surface area contributed by atoms with E-state index in [9.17, 15) is 4.79 Å². The Morgan fingerprint density at radius 2 is 1.58 bits per heavy atom. The van der Waals surface area contributed by atoms with Crippen LogP contribution in [0.1, 0.15) is 24.0 Å². The Hall–Kier alpha value is -2.98. The lowest BCUT2D eigenvalue weighted by atomic mass is 9.72. The molecule has 1 saturated heterocycles. The number of nitrogens with zero attached hydrogens (tertiary/aromatic N) is 3. The molecule has 0 bridgehead atoms. The average molecular weight is 414 g/mol. The van der Waals surface area contributed by atoms with Crippen LogP contribution in [0.2, 0.25) is 0 Å². The normalized spacial score (nSPS) is 16.1. The second-order valence-corrected chi connectivity index (χ2v) is 8.85. The summed E-state index contributed by atoms with van der Waals surface area (Å²) in [6.07, 6.45) is 6.24. The third kappa shape index (κ3) is 5.02. The van der Waals surface area contributed by atoms with Crippen LogP contribution in [0.25, 0.3) is 11.1 Å². The number of likely N-dealkylation sites (tertiary alicyclic amines) is 1. The fraction of sp³-hybridized carbons (Fsp3) is 0.333. The summed E-state index contributed by atoms with van der Waals surface area (Å²) in [5.41, 5.74) is 4.59. The highest BCUT2D eigenvalue weighted by molar-refractivity contribution is 5.83. The number of carbonyl (C=O) groups is 1. The molecule has 0 radical (unpaired) electrons. The molecule has 0 saturated carbocycles. The molecule has 1 aliphatic heterocycles. The molecule has 1 amide bonds. The third-order valence-corrected chi connectivity index (χ3v) is 6.41. The van der Waals surface area contributed by atoms with Crippen molar-refractivity contribution in [3.05, 3.63) is 90.3 Å². The van der Waals surface area contributed by atoms with Crippen LogP contribution in [0.4, 0.5) is 0 Å². The van der Waals surface area contributed by atoms with Gasteiger partial charge in [-0.15, -0.1) is 0 Å². The Morgan fingerprint density at radius 1 is 0.903 bits per heavy atom. The van der Waals surface area contributed by atoms with E-state index in [0.29, 0.717) is 0 Å². The van der Waals surface area contributed by atoms with Crippen LogP contribution < -0.4 is 0 Å². The Balaban J connectivity index is 1.52. The van der Waals surface area contributed by atoms with Crippen molar-refractivity contribution in [2.75, 3.05) is 27.2 Å². The maximum atomic E-state index is 13.3. The van der Waals surface area contributed by atoms with E-state index >= 15 is 0 Å². The van der Waals surface area contributed by atoms with Crippen molar-refractivity contribution in [3.8, 4) is 11.1 Å². The van der Waals surface area contributed by atoms with Crippen molar-refractivity contribution in [2.45, 2.75) is 25.8 Å². The molecule has 4 rings (SSSR count). The summed E-state index contributed by atoms with van der Waals surface area (Å²) in [5.74, 6) is 0.251. The summed E-state index contributed by atoms with van der Waals surface area (Å²) in [5, 5.41) is 0. The van der Waals surface area contributed by atoms with E-state index in [1.54, 1.807) is 4.90 Å². The predicted octanol–water partition coefficient (Wildman–Crippen LogP) is 4.66. The van der Waals surface area contributed by atoms with E-state index in [4.69, 9.17) is 0 Å². The number of amides is 1. The van der Waals surface area contributed by atoms with Crippen LogP contribution in [0.5, 0.6) is 0 Å². The Labute approximate surface area is 185 Å². The Morgan fingerprint density at radius 3 is 2.26 bits per heavy atom. The van der Waals surface area contributed by atoms with Gasteiger partial charge in [0, 0.05) is 33.0 Å². The van der Waals surface area contributed by atoms with Gasteiger partial charge in [-0.1, -0.05) is 54.6 Å². The van der Waals surface area contributed by atoms with Crippen molar-refractivity contribution in [2.24, 2.45) is 5.41 Å². The molecule has 0 aliphatic carbocycles. The highest BCUT2D eigenvalue weighted by atomic mass is 16.2. The predicted molar refractivity (Wildman–Crippen MR) is 125 cm³/mol. The van der Waals surface area contributed by atoms with E-state index in [1.165, 1.54) is 22.3 Å². The van der Waals surface area contributed by atoms with Crippen LogP contribution in [0.15, 0.2) is 79.1 Å². The Bertz CT molecular complexity index is 993. The quantitative estimate of drug-likeness (QED) is 0.590. The lowest BCUT2D eigenvalue weighted by Crippen LogP contribution is -2.49. The molecule has 31 heavy (non-hydrogen) atoms. The number of carbonyl (C=O) groups excluding carboxylic acids is 1. The zero-order valence-electron chi connectivity index (χ0n) is 18.5. The van der Waals surface area contributed by atoms with Crippen LogP contribution in [-0.2, 0) is 17.8 Å². The van der Waals surface area contributed by atoms with E-state index < -0.39 is 0 Å². The molecule has 0 N–H and O–H groups in total. The summed E-state index contributed by atoms with van der Waals surface area (Å²) < 4.78 is 0. The molecule has 2 heterocycles. The molecular weight excluding hydrogens is 382 g/mol. The Kier molecular flexibility index (Phi) is 6.47. The van der Waals surface area contributed by atoms with Gasteiger partial charge in [0.05, 0.1) is 5.41 Å². The molecule has 160 valence electrons. The van der Waals surface area contributed by atoms with Gasteiger partial charge in [0.15, 0.2) is 0 Å². The zero-order valence-corrected chi connectivity index (χ0v) is 18.5. The molecular formula is C27H31N3O. The third-order valence-electron chi connectivity index (χ3n) is 6.41. The minimum atomic E-state index is -0.340. The van der Waals surface area contributed by atoms with Crippen LogP contribution >= 0.6 is 0 Å². The first-order valence-electron chi connectivity index (χ1n) is 11.0. The highest BCUT2D eigenvalue weighted by Crippen LogP contribution is 2.38. The lowest BCUT2D eigenvalue weighted by molar-refractivity contribution is -0.142. The average Bonchev–Trinajstić information content (AvgIpc) is 2.81. The van der Waals surface area contributed by atoms with Gasteiger partial charge >= 0.3 is 0 Å². The van der Waals surface area contributed by atoms with Crippen LogP contribution in [0.3, 0.4) is 0 Å². The monoisotopic (exact) mass is 413 g/mol. The second kappa shape index (κ2) is 9.44. The maximum absolute atomic E-state index is 13.3. The number of hydrogen-bond donors (Lipinski definition) is 0. The molecule has 4 nitrogen and oxygen atoms in total. The molecule has 2 aromatic carbocycles. The summed E-state index contributed by atoms with van der Waals surface area (Å²) in [7, 11) is 3.77. The molecule has 1 aliphatic rings. The van der Waals surface area contributed by atoms with Gasteiger partial charge in [0.1, 0.15) is 0 Å². The van der Waals surface area contributed by atoms with Crippen molar-refractivity contribution >= 4 is 5.91 Å². The number of aromatic nitrogens is 1. The maximum Gasteiger partial charge on any atom is 0.228 e. The molecule has 0 spiro atoms. The largest absolute Gasteiger partial charge is 0.348 e. The van der Waals surface area contributed by atoms with E-state index in [1.807, 2.05) is 32.6 Å². The lowest BCUT2D eigenvalue weighted by Gasteiger charge is -2.42.